The van der Waals surface area contributed by atoms with Gasteiger partial charge in [-0.1, -0.05) is 6.92 Å². The van der Waals surface area contributed by atoms with Crippen LogP contribution in [0.25, 0.3) is 0 Å². The molecular formula is C19H31Cl2N3O3. The summed E-state index contributed by atoms with van der Waals surface area (Å²) in [6.45, 7) is 9.56. The van der Waals surface area contributed by atoms with E-state index in [1.165, 1.54) is 19.5 Å². The number of morpholine rings is 1. The minimum Gasteiger partial charge on any atom is -0.492 e. The quantitative estimate of drug-likeness (QED) is 0.741. The zero-order chi connectivity index (χ0) is 17.6. The lowest BCUT2D eigenvalue weighted by Crippen LogP contribution is -2.53. The summed E-state index contributed by atoms with van der Waals surface area (Å²) in [6.07, 6.45) is 1.16. The standard InChI is InChI=1S/C19H29N3O3.2ClH/c1-14-7-9-22(13-14)10-12-25-17-5-3-16(4-6-17)21-19(23)18-15(2)24-11-8-20-18;;/h3-6,14-15,18,20H,7-13H2,1-2H3,(H,21,23);2*1H/t14?,15-,18+;;/m1../s1. The molecule has 154 valence electrons. The fourth-order valence-electron chi connectivity index (χ4n) is 3.40. The maximum atomic E-state index is 12.3. The Morgan fingerprint density at radius 2 is 2.04 bits per heavy atom. The van der Waals surface area contributed by atoms with Crippen molar-refractivity contribution in [2.45, 2.75) is 32.4 Å². The van der Waals surface area contributed by atoms with Crippen molar-refractivity contribution in [1.29, 1.82) is 0 Å². The van der Waals surface area contributed by atoms with E-state index in [0.717, 1.165) is 23.9 Å². The molecule has 2 N–H and O–H groups in total. The van der Waals surface area contributed by atoms with Gasteiger partial charge in [0, 0.05) is 25.3 Å². The number of carbonyl (C=O) groups excluding carboxylic acids is 1. The number of benzene rings is 1. The Bertz CT molecular complexity index is 574. The summed E-state index contributed by atoms with van der Waals surface area (Å²) in [5.74, 6) is 1.57. The first-order valence-electron chi connectivity index (χ1n) is 9.23. The summed E-state index contributed by atoms with van der Waals surface area (Å²) in [4.78, 5) is 14.8. The van der Waals surface area contributed by atoms with Gasteiger partial charge in [-0.25, -0.2) is 0 Å². The second-order valence-corrected chi connectivity index (χ2v) is 7.06. The molecule has 27 heavy (non-hydrogen) atoms. The number of likely N-dealkylation sites (tertiary alicyclic amines) is 1. The van der Waals surface area contributed by atoms with Crippen LogP contribution in [-0.2, 0) is 9.53 Å². The predicted octanol–water partition coefficient (Wildman–Crippen LogP) is 2.57. The zero-order valence-corrected chi connectivity index (χ0v) is 17.6. The Hall–Kier alpha value is -1.05. The normalized spacial score (nSPS) is 25.2. The van der Waals surface area contributed by atoms with Gasteiger partial charge in [0.05, 0.1) is 12.7 Å². The number of carbonyl (C=O) groups is 1. The van der Waals surface area contributed by atoms with E-state index in [1.807, 2.05) is 31.2 Å². The zero-order valence-electron chi connectivity index (χ0n) is 16.0. The van der Waals surface area contributed by atoms with Crippen LogP contribution in [0.5, 0.6) is 5.75 Å². The summed E-state index contributed by atoms with van der Waals surface area (Å²) >= 11 is 0. The molecule has 2 saturated heterocycles. The fourth-order valence-corrected chi connectivity index (χ4v) is 3.40. The molecule has 0 aromatic heterocycles. The molecule has 2 aliphatic rings. The number of anilines is 1. The SMILES string of the molecule is CC1CCN(CCOc2ccc(NC(=O)[C@H]3NCCO[C@@H]3C)cc2)C1.Cl.Cl. The highest BCUT2D eigenvalue weighted by Gasteiger charge is 2.28. The van der Waals surface area contributed by atoms with E-state index in [2.05, 4.69) is 22.5 Å². The second kappa shape index (κ2) is 11.7. The van der Waals surface area contributed by atoms with Crippen LogP contribution in [0.15, 0.2) is 24.3 Å². The lowest BCUT2D eigenvalue weighted by atomic mass is 10.1. The largest absolute Gasteiger partial charge is 0.492 e. The third kappa shape index (κ3) is 7.12. The van der Waals surface area contributed by atoms with Gasteiger partial charge in [0.2, 0.25) is 5.91 Å². The first-order valence-corrected chi connectivity index (χ1v) is 9.23. The van der Waals surface area contributed by atoms with E-state index in [1.54, 1.807) is 0 Å². The molecule has 2 fully saturated rings. The maximum Gasteiger partial charge on any atom is 0.244 e. The Kier molecular flexibility index (Phi) is 10.4. The number of rotatable bonds is 6. The Balaban J connectivity index is 0.00000182. The third-order valence-electron chi connectivity index (χ3n) is 4.91. The molecule has 0 aliphatic carbocycles. The van der Waals surface area contributed by atoms with Crippen molar-refractivity contribution in [3.05, 3.63) is 24.3 Å². The van der Waals surface area contributed by atoms with Crippen molar-refractivity contribution < 1.29 is 14.3 Å². The van der Waals surface area contributed by atoms with Gasteiger partial charge in [-0.05, 0) is 50.1 Å². The molecule has 8 heteroatoms. The highest BCUT2D eigenvalue weighted by molar-refractivity contribution is 5.95. The Labute approximate surface area is 174 Å². The number of hydrogen-bond donors (Lipinski definition) is 2. The molecule has 3 rings (SSSR count). The van der Waals surface area contributed by atoms with Crippen LogP contribution in [-0.4, -0.2) is 62.3 Å². The van der Waals surface area contributed by atoms with E-state index in [0.29, 0.717) is 19.8 Å². The molecule has 0 saturated carbocycles. The number of hydrogen-bond acceptors (Lipinski definition) is 5. The maximum absolute atomic E-state index is 12.3. The fraction of sp³-hybridized carbons (Fsp3) is 0.632. The second-order valence-electron chi connectivity index (χ2n) is 7.06. The van der Waals surface area contributed by atoms with Crippen molar-refractivity contribution >= 4 is 36.4 Å². The molecule has 0 radical (unpaired) electrons. The van der Waals surface area contributed by atoms with Crippen LogP contribution in [0, 0.1) is 5.92 Å². The topological polar surface area (TPSA) is 62.8 Å². The van der Waals surface area contributed by atoms with Crippen LogP contribution >= 0.6 is 24.8 Å². The molecule has 0 bridgehead atoms. The van der Waals surface area contributed by atoms with Gasteiger partial charge in [0.1, 0.15) is 18.4 Å². The molecular weight excluding hydrogens is 389 g/mol. The number of ether oxygens (including phenoxy) is 2. The summed E-state index contributed by atoms with van der Waals surface area (Å²) in [6, 6.07) is 7.24. The minimum absolute atomic E-state index is 0. The molecule has 1 aromatic rings. The van der Waals surface area contributed by atoms with Crippen LogP contribution in [0.4, 0.5) is 5.69 Å². The number of nitrogens with one attached hydrogen (secondary N) is 2. The Morgan fingerprint density at radius 1 is 1.30 bits per heavy atom. The molecule has 2 aliphatic heterocycles. The average molecular weight is 420 g/mol. The van der Waals surface area contributed by atoms with Gasteiger partial charge in [0.25, 0.3) is 0 Å². The van der Waals surface area contributed by atoms with Gasteiger partial charge < -0.3 is 20.1 Å². The summed E-state index contributed by atoms with van der Waals surface area (Å²) in [7, 11) is 0. The number of amides is 1. The molecule has 3 atom stereocenters. The summed E-state index contributed by atoms with van der Waals surface area (Å²) in [5, 5.41) is 6.12. The first-order chi connectivity index (χ1) is 12.1. The predicted molar refractivity (Wildman–Crippen MR) is 112 cm³/mol. The third-order valence-corrected chi connectivity index (χ3v) is 4.91. The molecule has 6 nitrogen and oxygen atoms in total. The lowest BCUT2D eigenvalue weighted by Gasteiger charge is -2.29. The molecule has 1 amide bonds. The lowest BCUT2D eigenvalue weighted by molar-refractivity contribution is -0.123. The molecule has 1 aromatic carbocycles. The van der Waals surface area contributed by atoms with Crippen molar-refractivity contribution in [3.63, 3.8) is 0 Å². The Morgan fingerprint density at radius 3 is 2.67 bits per heavy atom. The van der Waals surface area contributed by atoms with Crippen LogP contribution in [0.3, 0.4) is 0 Å². The average Bonchev–Trinajstić information content (AvgIpc) is 3.02. The van der Waals surface area contributed by atoms with E-state index in [-0.39, 0.29) is 42.9 Å². The summed E-state index contributed by atoms with van der Waals surface area (Å²) < 4.78 is 11.3. The van der Waals surface area contributed by atoms with Gasteiger partial charge in [-0.3, -0.25) is 9.69 Å². The van der Waals surface area contributed by atoms with Gasteiger partial charge >= 0.3 is 0 Å². The molecule has 0 spiro atoms. The van der Waals surface area contributed by atoms with Crippen LogP contribution in [0.1, 0.15) is 20.3 Å². The summed E-state index contributed by atoms with van der Waals surface area (Å²) in [5.41, 5.74) is 0.769. The number of nitrogens with zero attached hydrogens (tertiary/aromatic N) is 1. The van der Waals surface area contributed by atoms with E-state index < -0.39 is 0 Å². The van der Waals surface area contributed by atoms with Crippen molar-refractivity contribution in [2.75, 3.05) is 44.7 Å². The molecule has 1 unspecified atom stereocenters. The highest BCUT2D eigenvalue weighted by Crippen LogP contribution is 2.18. The van der Waals surface area contributed by atoms with Gasteiger partial charge in [-0.15, -0.1) is 24.8 Å². The van der Waals surface area contributed by atoms with Gasteiger partial charge in [-0.2, -0.15) is 0 Å². The van der Waals surface area contributed by atoms with Crippen molar-refractivity contribution in [3.8, 4) is 5.75 Å². The van der Waals surface area contributed by atoms with Crippen LogP contribution < -0.4 is 15.4 Å². The minimum atomic E-state index is -0.312. The van der Waals surface area contributed by atoms with Crippen molar-refractivity contribution in [1.82, 2.24) is 10.2 Å². The highest BCUT2D eigenvalue weighted by atomic mass is 35.5. The smallest absolute Gasteiger partial charge is 0.244 e. The number of halogens is 2. The van der Waals surface area contributed by atoms with Crippen molar-refractivity contribution in [2.24, 2.45) is 5.92 Å². The van der Waals surface area contributed by atoms with E-state index in [9.17, 15) is 4.79 Å². The van der Waals surface area contributed by atoms with E-state index in [4.69, 9.17) is 9.47 Å². The van der Waals surface area contributed by atoms with Gasteiger partial charge in [0.15, 0.2) is 0 Å². The van der Waals surface area contributed by atoms with E-state index >= 15 is 0 Å². The first kappa shape index (κ1) is 24.0. The van der Waals surface area contributed by atoms with Crippen LogP contribution in [0.2, 0.25) is 0 Å². The monoisotopic (exact) mass is 419 g/mol. The molecule has 2 heterocycles.